The van der Waals surface area contributed by atoms with Crippen LogP contribution in [0.15, 0.2) is 18.2 Å². The number of anilines is 2. The Morgan fingerprint density at radius 1 is 1.44 bits per heavy atom. The third kappa shape index (κ3) is 2.53. The summed E-state index contributed by atoms with van der Waals surface area (Å²) in [7, 11) is 0. The minimum absolute atomic E-state index is 0.0669. The molecule has 1 aliphatic heterocycles. The molecule has 1 aliphatic rings. The molecule has 0 amide bonds. The zero-order chi connectivity index (χ0) is 13.3. The number of piperidine rings is 1. The van der Waals surface area contributed by atoms with Crippen LogP contribution in [0.2, 0.25) is 0 Å². The molecule has 1 aromatic rings. The second-order valence-corrected chi connectivity index (χ2v) is 4.98. The first-order chi connectivity index (χ1) is 8.39. The van der Waals surface area contributed by atoms with Crippen LogP contribution in [0.3, 0.4) is 0 Å². The van der Waals surface area contributed by atoms with Gasteiger partial charge < -0.3 is 15.7 Å². The summed E-state index contributed by atoms with van der Waals surface area (Å²) in [6.07, 6.45) is 1.37. The van der Waals surface area contributed by atoms with Gasteiger partial charge in [0.1, 0.15) is 5.69 Å². The number of nitro benzene ring substituents is 1. The molecule has 98 valence electrons. The van der Waals surface area contributed by atoms with Gasteiger partial charge in [-0.3, -0.25) is 10.1 Å². The Hall–Kier alpha value is -1.82. The fourth-order valence-corrected chi connectivity index (χ4v) is 2.15. The van der Waals surface area contributed by atoms with Gasteiger partial charge in [0, 0.05) is 24.8 Å². The van der Waals surface area contributed by atoms with E-state index in [9.17, 15) is 15.2 Å². The minimum atomic E-state index is -0.608. The summed E-state index contributed by atoms with van der Waals surface area (Å²) in [6.45, 7) is 3.28. The normalized spacial score (nSPS) is 18.7. The minimum Gasteiger partial charge on any atom is -0.393 e. The molecule has 0 unspecified atom stereocenters. The maximum Gasteiger partial charge on any atom is 0.292 e. The molecule has 0 aromatic heterocycles. The lowest BCUT2D eigenvalue weighted by Gasteiger charge is -2.37. The summed E-state index contributed by atoms with van der Waals surface area (Å²) in [5.41, 5.74) is 6.03. The number of nitrogen functional groups attached to an aromatic ring is 1. The van der Waals surface area contributed by atoms with Crippen molar-refractivity contribution in [1.82, 2.24) is 0 Å². The van der Waals surface area contributed by atoms with E-state index >= 15 is 0 Å². The second kappa shape index (κ2) is 4.45. The maximum absolute atomic E-state index is 10.7. The van der Waals surface area contributed by atoms with Gasteiger partial charge in [0.05, 0.1) is 10.5 Å². The van der Waals surface area contributed by atoms with Gasteiger partial charge >= 0.3 is 0 Å². The number of nitrogens with two attached hydrogens (primary N) is 1. The van der Waals surface area contributed by atoms with Crippen LogP contribution in [-0.4, -0.2) is 28.7 Å². The quantitative estimate of drug-likeness (QED) is 0.472. The van der Waals surface area contributed by atoms with Crippen molar-refractivity contribution < 1.29 is 10.0 Å². The van der Waals surface area contributed by atoms with Crippen molar-refractivity contribution in [2.45, 2.75) is 25.4 Å². The average molecular weight is 251 g/mol. The number of nitrogens with zero attached hydrogens (tertiary/aromatic N) is 2. The molecule has 0 radical (unpaired) electrons. The van der Waals surface area contributed by atoms with Crippen LogP contribution in [0.4, 0.5) is 17.1 Å². The molecule has 3 N–H and O–H groups in total. The fraction of sp³-hybridized carbons (Fsp3) is 0.500. The van der Waals surface area contributed by atoms with Gasteiger partial charge in [-0.15, -0.1) is 0 Å². The third-order valence-electron chi connectivity index (χ3n) is 3.41. The monoisotopic (exact) mass is 251 g/mol. The Balaban J connectivity index is 2.16. The van der Waals surface area contributed by atoms with E-state index in [1.165, 1.54) is 6.07 Å². The largest absolute Gasteiger partial charge is 0.393 e. The highest BCUT2D eigenvalue weighted by molar-refractivity contribution is 5.66. The number of hydrogen-bond donors (Lipinski definition) is 2. The van der Waals surface area contributed by atoms with E-state index in [0.29, 0.717) is 12.8 Å². The van der Waals surface area contributed by atoms with Gasteiger partial charge in [0.2, 0.25) is 0 Å². The summed E-state index contributed by atoms with van der Waals surface area (Å²) < 4.78 is 0. The standard InChI is InChI=1S/C12H17N3O3/c1-12(16)4-6-14(7-5-12)9-2-3-11(15(17)18)10(13)8-9/h2-3,8,16H,4-7,13H2,1H3. The lowest BCUT2D eigenvalue weighted by Crippen LogP contribution is -2.42. The Kier molecular flexibility index (Phi) is 3.13. The third-order valence-corrected chi connectivity index (χ3v) is 3.41. The lowest BCUT2D eigenvalue weighted by atomic mass is 9.93. The summed E-state index contributed by atoms with van der Waals surface area (Å²) in [5.74, 6) is 0. The number of hydrogen-bond acceptors (Lipinski definition) is 5. The van der Waals surface area contributed by atoms with Crippen LogP contribution >= 0.6 is 0 Å². The molecule has 0 atom stereocenters. The van der Waals surface area contributed by atoms with Crippen molar-refractivity contribution in [2.24, 2.45) is 0 Å². The molecule has 1 saturated heterocycles. The molecule has 1 aromatic carbocycles. The SMILES string of the molecule is CC1(O)CCN(c2ccc([N+](=O)[O-])c(N)c2)CC1. The van der Waals surface area contributed by atoms with Crippen LogP contribution in [0.1, 0.15) is 19.8 Å². The summed E-state index contributed by atoms with van der Waals surface area (Å²) >= 11 is 0. The Bertz CT molecular complexity index is 464. The highest BCUT2D eigenvalue weighted by atomic mass is 16.6. The average Bonchev–Trinajstić information content (AvgIpc) is 2.28. The predicted octanol–water partition coefficient (Wildman–Crippen LogP) is 1.53. The molecule has 1 fully saturated rings. The summed E-state index contributed by atoms with van der Waals surface area (Å²) in [5, 5.41) is 20.5. The molecule has 6 nitrogen and oxygen atoms in total. The first kappa shape index (κ1) is 12.6. The molecule has 0 bridgehead atoms. The van der Waals surface area contributed by atoms with E-state index in [1.54, 1.807) is 12.1 Å². The van der Waals surface area contributed by atoms with E-state index in [-0.39, 0.29) is 11.4 Å². The van der Waals surface area contributed by atoms with Crippen molar-refractivity contribution in [3.63, 3.8) is 0 Å². The number of rotatable bonds is 2. The lowest BCUT2D eigenvalue weighted by molar-refractivity contribution is -0.383. The smallest absolute Gasteiger partial charge is 0.292 e. The maximum atomic E-state index is 10.7. The van der Waals surface area contributed by atoms with Crippen LogP contribution < -0.4 is 10.6 Å². The molecule has 0 saturated carbocycles. The predicted molar refractivity (Wildman–Crippen MR) is 69.6 cm³/mol. The zero-order valence-electron chi connectivity index (χ0n) is 10.3. The van der Waals surface area contributed by atoms with Gasteiger partial charge in [-0.1, -0.05) is 0 Å². The molecular weight excluding hydrogens is 234 g/mol. The molecule has 1 heterocycles. The van der Waals surface area contributed by atoms with Gasteiger partial charge in [0.15, 0.2) is 0 Å². The highest BCUT2D eigenvalue weighted by Gasteiger charge is 2.27. The van der Waals surface area contributed by atoms with Gasteiger partial charge in [-0.05, 0) is 31.9 Å². The molecule has 18 heavy (non-hydrogen) atoms. The van der Waals surface area contributed by atoms with Crippen LogP contribution in [0, 0.1) is 10.1 Å². The zero-order valence-corrected chi connectivity index (χ0v) is 10.3. The van der Waals surface area contributed by atoms with Crippen LogP contribution in [-0.2, 0) is 0 Å². The van der Waals surface area contributed by atoms with Crippen molar-refractivity contribution in [2.75, 3.05) is 23.7 Å². The summed E-state index contributed by atoms with van der Waals surface area (Å²) in [4.78, 5) is 12.3. The Morgan fingerprint density at radius 3 is 2.56 bits per heavy atom. The van der Waals surface area contributed by atoms with E-state index in [4.69, 9.17) is 5.73 Å². The van der Waals surface area contributed by atoms with E-state index in [1.807, 2.05) is 6.92 Å². The van der Waals surface area contributed by atoms with Crippen LogP contribution in [0.25, 0.3) is 0 Å². The first-order valence-corrected chi connectivity index (χ1v) is 5.90. The molecular formula is C12H17N3O3. The van der Waals surface area contributed by atoms with E-state index in [0.717, 1.165) is 18.8 Å². The highest BCUT2D eigenvalue weighted by Crippen LogP contribution is 2.30. The van der Waals surface area contributed by atoms with Gasteiger partial charge in [-0.25, -0.2) is 0 Å². The van der Waals surface area contributed by atoms with Crippen LogP contribution in [0.5, 0.6) is 0 Å². The van der Waals surface area contributed by atoms with E-state index < -0.39 is 10.5 Å². The van der Waals surface area contributed by atoms with Crippen molar-refractivity contribution in [1.29, 1.82) is 0 Å². The molecule has 2 rings (SSSR count). The summed E-state index contributed by atoms with van der Waals surface area (Å²) in [6, 6.07) is 4.75. The Morgan fingerprint density at radius 2 is 2.06 bits per heavy atom. The first-order valence-electron chi connectivity index (χ1n) is 5.90. The van der Waals surface area contributed by atoms with Crippen molar-refractivity contribution >= 4 is 17.1 Å². The Labute approximate surface area is 105 Å². The van der Waals surface area contributed by atoms with Gasteiger partial charge in [0.25, 0.3) is 5.69 Å². The molecule has 0 aliphatic carbocycles. The van der Waals surface area contributed by atoms with Crippen molar-refractivity contribution in [3.05, 3.63) is 28.3 Å². The van der Waals surface area contributed by atoms with Gasteiger partial charge in [-0.2, -0.15) is 0 Å². The van der Waals surface area contributed by atoms with E-state index in [2.05, 4.69) is 4.90 Å². The second-order valence-electron chi connectivity index (χ2n) is 4.98. The number of benzene rings is 1. The topological polar surface area (TPSA) is 92.6 Å². The number of aliphatic hydroxyl groups is 1. The number of nitro groups is 1. The van der Waals surface area contributed by atoms with Crippen molar-refractivity contribution in [3.8, 4) is 0 Å². The fourth-order valence-electron chi connectivity index (χ4n) is 2.15. The molecule has 6 heteroatoms. The molecule has 0 spiro atoms.